The van der Waals surface area contributed by atoms with Gasteiger partial charge in [-0.15, -0.1) is 0 Å². The van der Waals surface area contributed by atoms with E-state index in [2.05, 4.69) is 6.92 Å². The molecule has 0 fully saturated rings. The molecule has 0 atom stereocenters. The Bertz CT molecular complexity index is 382. The summed E-state index contributed by atoms with van der Waals surface area (Å²) in [5.74, 6) is 0. The molecule has 0 aromatic heterocycles. The van der Waals surface area contributed by atoms with Gasteiger partial charge in [0.1, 0.15) is 0 Å². The molecular weight excluding hydrogens is 206 g/mol. The smallest absolute Gasteiger partial charge is 0.269 e. The van der Waals surface area contributed by atoms with Gasteiger partial charge in [0, 0.05) is 19.2 Å². The third-order valence-electron chi connectivity index (χ3n) is 2.26. The van der Waals surface area contributed by atoms with E-state index in [0.717, 1.165) is 17.6 Å². The predicted octanol–water partition coefficient (Wildman–Crippen LogP) is 3.03. The number of nitrogens with zero attached hydrogens (tertiary/aromatic N) is 1. The molecule has 0 heterocycles. The van der Waals surface area contributed by atoms with Crippen molar-refractivity contribution in [2.75, 3.05) is 13.7 Å². The molecule has 0 aliphatic carbocycles. The first-order valence-corrected chi connectivity index (χ1v) is 5.10. The van der Waals surface area contributed by atoms with Crippen LogP contribution in [0.1, 0.15) is 18.9 Å². The minimum Gasteiger partial charge on any atom is -0.380 e. The minimum absolute atomic E-state index is 0.113. The number of rotatable bonds is 5. The lowest BCUT2D eigenvalue weighted by atomic mass is 10.1. The number of non-ortho nitro benzene ring substituents is 1. The van der Waals surface area contributed by atoms with E-state index in [4.69, 9.17) is 4.74 Å². The summed E-state index contributed by atoms with van der Waals surface area (Å²) in [5.41, 5.74) is 2.23. The first-order valence-electron chi connectivity index (χ1n) is 5.10. The molecule has 0 spiro atoms. The summed E-state index contributed by atoms with van der Waals surface area (Å²) in [7, 11) is 1.65. The standard InChI is InChI=1S/C12H15NO3/c1-3-10(9-16-2)8-11-4-6-12(7-5-11)13(14)15/h4-8H,3,9H2,1-2H3/b10-8+. The van der Waals surface area contributed by atoms with Gasteiger partial charge < -0.3 is 4.74 Å². The van der Waals surface area contributed by atoms with E-state index in [1.165, 1.54) is 12.1 Å². The summed E-state index contributed by atoms with van der Waals surface area (Å²) in [5, 5.41) is 10.5. The van der Waals surface area contributed by atoms with Crippen LogP contribution in [-0.2, 0) is 4.74 Å². The predicted molar refractivity (Wildman–Crippen MR) is 63.2 cm³/mol. The van der Waals surface area contributed by atoms with Gasteiger partial charge in [0.25, 0.3) is 5.69 Å². The number of hydrogen-bond donors (Lipinski definition) is 0. The molecule has 0 aliphatic rings. The normalized spacial score (nSPS) is 11.5. The van der Waals surface area contributed by atoms with E-state index in [0.29, 0.717) is 6.61 Å². The monoisotopic (exact) mass is 221 g/mol. The molecule has 1 aromatic carbocycles. The molecule has 0 amide bonds. The SMILES string of the molecule is CC/C(=C\c1ccc([N+](=O)[O-])cc1)COC. The van der Waals surface area contributed by atoms with Crippen molar-refractivity contribution in [2.24, 2.45) is 0 Å². The number of nitro benzene ring substituents is 1. The second-order valence-corrected chi connectivity index (χ2v) is 3.44. The van der Waals surface area contributed by atoms with Crippen molar-refractivity contribution >= 4 is 11.8 Å². The van der Waals surface area contributed by atoms with Crippen molar-refractivity contribution in [3.05, 3.63) is 45.5 Å². The lowest BCUT2D eigenvalue weighted by Gasteiger charge is -2.02. The number of nitro groups is 1. The first-order chi connectivity index (χ1) is 7.67. The zero-order valence-electron chi connectivity index (χ0n) is 9.47. The Morgan fingerprint density at radius 3 is 2.50 bits per heavy atom. The molecule has 0 bridgehead atoms. The van der Waals surface area contributed by atoms with Crippen LogP contribution in [0.25, 0.3) is 6.08 Å². The van der Waals surface area contributed by atoms with Gasteiger partial charge in [-0.1, -0.05) is 13.0 Å². The zero-order chi connectivity index (χ0) is 12.0. The van der Waals surface area contributed by atoms with Crippen LogP contribution < -0.4 is 0 Å². The fraction of sp³-hybridized carbons (Fsp3) is 0.333. The molecule has 0 radical (unpaired) electrons. The Morgan fingerprint density at radius 2 is 2.06 bits per heavy atom. The van der Waals surface area contributed by atoms with Gasteiger partial charge in [0.15, 0.2) is 0 Å². The highest BCUT2D eigenvalue weighted by molar-refractivity contribution is 5.54. The summed E-state index contributed by atoms with van der Waals surface area (Å²) in [6, 6.07) is 6.49. The Balaban J connectivity index is 2.84. The van der Waals surface area contributed by atoms with Gasteiger partial charge in [0.05, 0.1) is 11.5 Å². The Kier molecular flexibility index (Phi) is 4.66. The van der Waals surface area contributed by atoms with Crippen molar-refractivity contribution in [3.63, 3.8) is 0 Å². The third kappa shape index (κ3) is 3.47. The topological polar surface area (TPSA) is 52.4 Å². The third-order valence-corrected chi connectivity index (χ3v) is 2.26. The highest BCUT2D eigenvalue weighted by atomic mass is 16.6. The Hall–Kier alpha value is -1.68. The maximum Gasteiger partial charge on any atom is 0.269 e. The molecule has 16 heavy (non-hydrogen) atoms. The van der Waals surface area contributed by atoms with Crippen molar-refractivity contribution in [3.8, 4) is 0 Å². The number of benzene rings is 1. The zero-order valence-corrected chi connectivity index (χ0v) is 9.47. The van der Waals surface area contributed by atoms with Crippen molar-refractivity contribution in [2.45, 2.75) is 13.3 Å². The molecule has 0 unspecified atom stereocenters. The molecule has 1 aromatic rings. The fourth-order valence-corrected chi connectivity index (χ4v) is 1.36. The lowest BCUT2D eigenvalue weighted by molar-refractivity contribution is -0.384. The fourth-order valence-electron chi connectivity index (χ4n) is 1.36. The van der Waals surface area contributed by atoms with E-state index < -0.39 is 4.92 Å². The van der Waals surface area contributed by atoms with Gasteiger partial charge in [-0.25, -0.2) is 0 Å². The van der Waals surface area contributed by atoms with Crippen LogP contribution in [0.5, 0.6) is 0 Å². The Morgan fingerprint density at radius 1 is 1.44 bits per heavy atom. The van der Waals surface area contributed by atoms with Gasteiger partial charge >= 0.3 is 0 Å². The van der Waals surface area contributed by atoms with E-state index in [1.54, 1.807) is 19.2 Å². The lowest BCUT2D eigenvalue weighted by Crippen LogP contribution is -1.93. The van der Waals surface area contributed by atoms with Gasteiger partial charge in [-0.05, 0) is 29.7 Å². The first kappa shape index (κ1) is 12.4. The Labute approximate surface area is 94.7 Å². The molecule has 0 N–H and O–H groups in total. The second kappa shape index (κ2) is 6.02. The van der Waals surface area contributed by atoms with Crippen molar-refractivity contribution in [1.82, 2.24) is 0 Å². The maximum atomic E-state index is 10.5. The van der Waals surface area contributed by atoms with Crippen LogP contribution in [-0.4, -0.2) is 18.6 Å². The molecule has 4 heteroatoms. The number of ether oxygens (including phenoxy) is 1. The van der Waals surface area contributed by atoms with E-state index in [9.17, 15) is 10.1 Å². The molecular formula is C12H15NO3. The summed E-state index contributed by atoms with van der Waals surface area (Å²) in [6.45, 7) is 2.64. The van der Waals surface area contributed by atoms with Crippen LogP contribution in [0, 0.1) is 10.1 Å². The van der Waals surface area contributed by atoms with E-state index in [-0.39, 0.29) is 5.69 Å². The maximum absolute atomic E-state index is 10.5. The average molecular weight is 221 g/mol. The van der Waals surface area contributed by atoms with Gasteiger partial charge in [-0.2, -0.15) is 0 Å². The minimum atomic E-state index is -0.399. The van der Waals surface area contributed by atoms with Crippen LogP contribution in [0.15, 0.2) is 29.8 Å². The highest BCUT2D eigenvalue weighted by Crippen LogP contribution is 2.15. The van der Waals surface area contributed by atoms with Crippen molar-refractivity contribution in [1.29, 1.82) is 0 Å². The van der Waals surface area contributed by atoms with Crippen LogP contribution >= 0.6 is 0 Å². The molecule has 4 nitrogen and oxygen atoms in total. The second-order valence-electron chi connectivity index (χ2n) is 3.44. The van der Waals surface area contributed by atoms with Crippen molar-refractivity contribution < 1.29 is 9.66 Å². The molecule has 86 valence electrons. The molecule has 1 rings (SSSR count). The average Bonchev–Trinajstić information content (AvgIpc) is 2.29. The van der Waals surface area contributed by atoms with Crippen LogP contribution in [0.2, 0.25) is 0 Å². The van der Waals surface area contributed by atoms with Crippen LogP contribution in [0.3, 0.4) is 0 Å². The van der Waals surface area contributed by atoms with E-state index in [1.807, 2.05) is 6.08 Å². The van der Waals surface area contributed by atoms with Crippen LogP contribution in [0.4, 0.5) is 5.69 Å². The summed E-state index contributed by atoms with van der Waals surface area (Å²) >= 11 is 0. The molecule has 0 saturated heterocycles. The number of methoxy groups -OCH3 is 1. The van der Waals surface area contributed by atoms with E-state index >= 15 is 0 Å². The molecule has 0 aliphatic heterocycles. The summed E-state index contributed by atoms with van der Waals surface area (Å²) < 4.78 is 5.05. The highest BCUT2D eigenvalue weighted by Gasteiger charge is 2.03. The van der Waals surface area contributed by atoms with Gasteiger partial charge in [-0.3, -0.25) is 10.1 Å². The molecule has 0 saturated carbocycles. The van der Waals surface area contributed by atoms with Gasteiger partial charge in [0.2, 0.25) is 0 Å². The summed E-state index contributed by atoms with van der Waals surface area (Å²) in [4.78, 5) is 10.1. The largest absolute Gasteiger partial charge is 0.380 e. The quantitative estimate of drug-likeness (QED) is 0.567. The summed E-state index contributed by atoms with van der Waals surface area (Å²) in [6.07, 6.45) is 2.90. The number of hydrogen-bond acceptors (Lipinski definition) is 3.